The number of hydrogen-bond acceptors (Lipinski definition) is 3. The second kappa shape index (κ2) is 6.75. The Kier molecular flexibility index (Phi) is 4.55. The van der Waals surface area contributed by atoms with E-state index in [4.69, 9.17) is 26.8 Å². The highest BCUT2D eigenvalue weighted by molar-refractivity contribution is 6.33. The van der Waals surface area contributed by atoms with E-state index < -0.39 is 6.09 Å². The smallest absolute Gasteiger partial charge is 0.405 e. The molecule has 0 aliphatic heterocycles. The van der Waals surface area contributed by atoms with Gasteiger partial charge < -0.3 is 15.2 Å². The summed E-state index contributed by atoms with van der Waals surface area (Å²) in [6.07, 6.45) is 2.27. The average Bonchev–Trinajstić information content (AvgIpc) is 3.38. The molecule has 1 saturated carbocycles. The highest BCUT2D eigenvalue weighted by Gasteiger charge is 2.41. The maximum absolute atomic E-state index is 11.3. The van der Waals surface area contributed by atoms with Crippen molar-refractivity contribution in [2.75, 3.05) is 6.61 Å². The van der Waals surface area contributed by atoms with Crippen molar-refractivity contribution in [1.82, 2.24) is 0 Å². The Bertz CT molecular complexity index is 889. The van der Waals surface area contributed by atoms with E-state index in [2.05, 4.69) is 19.9 Å². The summed E-state index contributed by atoms with van der Waals surface area (Å²) < 4.78 is 11.2. The van der Waals surface area contributed by atoms with Crippen LogP contribution in [-0.4, -0.2) is 12.7 Å². The molecule has 2 N–H and O–H groups in total. The predicted molar refractivity (Wildman–Crippen MR) is 106 cm³/mol. The van der Waals surface area contributed by atoms with E-state index in [-0.39, 0.29) is 11.5 Å². The molecular weight excluding hydrogens is 362 g/mol. The van der Waals surface area contributed by atoms with Crippen molar-refractivity contribution in [3.8, 4) is 16.9 Å². The monoisotopic (exact) mass is 385 g/mol. The van der Waals surface area contributed by atoms with Gasteiger partial charge in [0.1, 0.15) is 11.9 Å². The Hall–Kier alpha value is -2.20. The second-order valence-electron chi connectivity index (χ2n) is 8.29. The SMILES string of the molecule is CC1(C)Cc2cc(-c3ccc(OCC4CC4)cc3Cl)ccc2[C@@H]1OC(N)=O. The lowest BCUT2D eigenvalue weighted by Crippen LogP contribution is -2.25. The third-order valence-electron chi connectivity index (χ3n) is 5.45. The molecule has 0 spiro atoms. The predicted octanol–water partition coefficient (Wildman–Crippen LogP) is 5.51. The zero-order valence-electron chi connectivity index (χ0n) is 15.6. The average molecular weight is 386 g/mol. The van der Waals surface area contributed by atoms with Crippen LogP contribution in [0.1, 0.15) is 43.9 Å². The first-order valence-corrected chi connectivity index (χ1v) is 9.73. The van der Waals surface area contributed by atoms with Crippen molar-refractivity contribution >= 4 is 17.7 Å². The number of hydrogen-bond donors (Lipinski definition) is 1. The Morgan fingerprint density at radius 3 is 2.67 bits per heavy atom. The zero-order valence-corrected chi connectivity index (χ0v) is 16.4. The highest BCUT2D eigenvalue weighted by Crippen LogP contribution is 2.48. The van der Waals surface area contributed by atoms with Gasteiger partial charge in [-0.1, -0.05) is 43.6 Å². The van der Waals surface area contributed by atoms with E-state index in [1.807, 2.05) is 30.3 Å². The normalized spacial score (nSPS) is 20.2. The van der Waals surface area contributed by atoms with Gasteiger partial charge in [0.15, 0.2) is 0 Å². The molecule has 2 aromatic rings. The minimum atomic E-state index is -0.741. The van der Waals surface area contributed by atoms with Gasteiger partial charge in [-0.3, -0.25) is 0 Å². The number of carbonyl (C=O) groups excluding carboxylic acids is 1. The molecule has 4 rings (SSSR count). The number of amides is 1. The molecule has 1 amide bonds. The molecule has 27 heavy (non-hydrogen) atoms. The van der Waals surface area contributed by atoms with Crippen LogP contribution in [0.3, 0.4) is 0 Å². The van der Waals surface area contributed by atoms with E-state index in [0.717, 1.165) is 41.0 Å². The van der Waals surface area contributed by atoms with Gasteiger partial charge in [-0.15, -0.1) is 0 Å². The van der Waals surface area contributed by atoms with Crippen molar-refractivity contribution in [2.24, 2.45) is 17.1 Å². The van der Waals surface area contributed by atoms with Crippen LogP contribution in [0.15, 0.2) is 36.4 Å². The number of halogens is 1. The molecule has 2 aromatic carbocycles. The topological polar surface area (TPSA) is 61.6 Å². The lowest BCUT2D eigenvalue weighted by molar-refractivity contribution is 0.0392. The van der Waals surface area contributed by atoms with Crippen molar-refractivity contribution in [3.05, 3.63) is 52.5 Å². The summed E-state index contributed by atoms with van der Waals surface area (Å²) in [5, 5.41) is 0.672. The van der Waals surface area contributed by atoms with Crippen LogP contribution in [0.25, 0.3) is 11.1 Å². The molecule has 2 aliphatic carbocycles. The quantitative estimate of drug-likeness (QED) is 0.737. The standard InChI is InChI=1S/C22H24ClNO3/c1-22(2)11-15-9-14(5-7-18(15)20(22)27-21(24)25)17-8-6-16(10-19(17)23)26-12-13-3-4-13/h5-10,13,20H,3-4,11-12H2,1-2H3,(H2,24,25)/t20-/m0/s1. The molecule has 5 heteroatoms. The van der Waals surface area contributed by atoms with Crippen molar-refractivity contribution < 1.29 is 14.3 Å². The van der Waals surface area contributed by atoms with Crippen LogP contribution in [0.2, 0.25) is 5.02 Å². The van der Waals surface area contributed by atoms with Gasteiger partial charge in [0.2, 0.25) is 0 Å². The molecule has 2 aliphatic rings. The van der Waals surface area contributed by atoms with Crippen LogP contribution in [0.4, 0.5) is 4.79 Å². The van der Waals surface area contributed by atoms with Crippen molar-refractivity contribution in [1.29, 1.82) is 0 Å². The fourth-order valence-corrected chi connectivity index (χ4v) is 4.12. The molecule has 0 aromatic heterocycles. The lowest BCUT2D eigenvalue weighted by atomic mass is 9.87. The zero-order chi connectivity index (χ0) is 19.2. The number of fused-ring (bicyclic) bond motifs is 1. The van der Waals surface area contributed by atoms with Gasteiger partial charge in [-0.05, 0) is 60.1 Å². The number of nitrogens with two attached hydrogens (primary N) is 1. The summed E-state index contributed by atoms with van der Waals surface area (Å²) >= 11 is 6.53. The van der Waals surface area contributed by atoms with Crippen LogP contribution < -0.4 is 10.5 Å². The largest absolute Gasteiger partial charge is 0.493 e. The molecule has 4 nitrogen and oxygen atoms in total. The summed E-state index contributed by atoms with van der Waals surface area (Å²) in [5.41, 5.74) is 9.26. The van der Waals surface area contributed by atoms with Gasteiger partial charge in [-0.25, -0.2) is 4.79 Å². The molecule has 0 radical (unpaired) electrons. The van der Waals surface area contributed by atoms with Crippen LogP contribution in [-0.2, 0) is 11.2 Å². The summed E-state index contributed by atoms with van der Waals surface area (Å²) in [4.78, 5) is 11.3. The first kappa shape index (κ1) is 18.2. The second-order valence-corrected chi connectivity index (χ2v) is 8.70. The third-order valence-corrected chi connectivity index (χ3v) is 5.76. The molecule has 0 heterocycles. The Balaban J connectivity index is 1.60. The van der Waals surface area contributed by atoms with Gasteiger partial charge in [-0.2, -0.15) is 0 Å². The number of ether oxygens (including phenoxy) is 2. The first-order chi connectivity index (χ1) is 12.8. The van der Waals surface area contributed by atoms with E-state index in [9.17, 15) is 4.79 Å². The summed E-state index contributed by atoms with van der Waals surface area (Å²) in [6.45, 7) is 4.93. The molecule has 0 saturated heterocycles. The van der Waals surface area contributed by atoms with Crippen LogP contribution in [0, 0.1) is 11.3 Å². The fourth-order valence-electron chi connectivity index (χ4n) is 3.84. The van der Waals surface area contributed by atoms with E-state index in [1.54, 1.807) is 0 Å². The number of carbonyl (C=O) groups is 1. The summed E-state index contributed by atoms with van der Waals surface area (Å²) in [5.74, 6) is 1.52. The number of benzene rings is 2. The summed E-state index contributed by atoms with van der Waals surface area (Å²) in [6, 6.07) is 12.0. The maximum atomic E-state index is 11.3. The van der Waals surface area contributed by atoms with Gasteiger partial charge in [0, 0.05) is 11.0 Å². The molecule has 0 unspecified atom stereocenters. The van der Waals surface area contributed by atoms with Gasteiger partial charge in [0.25, 0.3) is 0 Å². The van der Waals surface area contributed by atoms with E-state index >= 15 is 0 Å². The summed E-state index contributed by atoms with van der Waals surface area (Å²) in [7, 11) is 0. The molecular formula is C22H24ClNO3. The minimum absolute atomic E-state index is 0.194. The molecule has 142 valence electrons. The Labute approximate surface area is 164 Å². The maximum Gasteiger partial charge on any atom is 0.405 e. The number of primary amides is 1. The van der Waals surface area contributed by atoms with Crippen LogP contribution >= 0.6 is 11.6 Å². The van der Waals surface area contributed by atoms with E-state index in [1.165, 1.54) is 12.8 Å². The van der Waals surface area contributed by atoms with Crippen molar-refractivity contribution in [2.45, 2.75) is 39.2 Å². The third kappa shape index (κ3) is 3.77. The van der Waals surface area contributed by atoms with E-state index in [0.29, 0.717) is 10.9 Å². The fraction of sp³-hybridized carbons (Fsp3) is 0.409. The number of rotatable bonds is 5. The van der Waals surface area contributed by atoms with Crippen molar-refractivity contribution in [3.63, 3.8) is 0 Å². The first-order valence-electron chi connectivity index (χ1n) is 9.35. The molecule has 1 fully saturated rings. The Morgan fingerprint density at radius 1 is 1.22 bits per heavy atom. The van der Waals surface area contributed by atoms with Gasteiger partial charge >= 0.3 is 6.09 Å². The van der Waals surface area contributed by atoms with Gasteiger partial charge in [0.05, 0.1) is 11.6 Å². The lowest BCUT2D eigenvalue weighted by Gasteiger charge is -2.26. The minimum Gasteiger partial charge on any atom is -0.493 e. The Morgan fingerprint density at radius 2 is 2.00 bits per heavy atom. The molecule has 1 atom stereocenters. The van der Waals surface area contributed by atoms with Crippen LogP contribution in [0.5, 0.6) is 5.75 Å². The molecule has 0 bridgehead atoms. The highest BCUT2D eigenvalue weighted by atomic mass is 35.5.